The summed E-state index contributed by atoms with van der Waals surface area (Å²) in [7, 11) is 0. The minimum atomic E-state index is -0.443. The zero-order valence-corrected chi connectivity index (χ0v) is 15.1. The Morgan fingerprint density at radius 1 is 0.963 bits per heavy atom. The van der Waals surface area contributed by atoms with E-state index in [4.69, 9.17) is 9.47 Å². The smallest absolute Gasteiger partial charge is 0.269 e. The van der Waals surface area contributed by atoms with E-state index in [1.807, 2.05) is 19.1 Å². The molecule has 0 aliphatic rings. The van der Waals surface area contributed by atoms with Crippen molar-refractivity contribution in [3.8, 4) is 11.5 Å². The summed E-state index contributed by atoms with van der Waals surface area (Å²) in [6, 6.07) is 13.9. The molecule has 0 heterocycles. The van der Waals surface area contributed by atoms with Gasteiger partial charge in [0.2, 0.25) is 0 Å². The maximum atomic E-state index is 12.0. The standard InChI is InChI=1S/C21H22N2O4/c1-3-15-27-19-10-5-16(6-11-19)7-14-20(24)22-23-21(25)17-8-12-18(13-9-17)26-4-2/h3,5-14H,1,4,15H2,2H3,(H,22,24)(H,23,25)/b14-7+. The molecule has 0 bridgehead atoms. The number of carbonyl (C=O) groups is 2. The van der Waals surface area contributed by atoms with E-state index in [-0.39, 0.29) is 0 Å². The molecule has 140 valence electrons. The van der Waals surface area contributed by atoms with Gasteiger partial charge in [-0.25, -0.2) is 0 Å². The van der Waals surface area contributed by atoms with E-state index >= 15 is 0 Å². The van der Waals surface area contributed by atoms with Crippen molar-refractivity contribution in [1.82, 2.24) is 10.9 Å². The highest BCUT2D eigenvalue weighted by atomic mass is 16.5. The molecule has 0 aromatic heterocycles. The van der Waals surface area contributed by atoms with E-state index in [2.05, 4.69) is 17.4 Å². The molecule has 0 saturated carbocycles. The van der Waals surface area contributed by atoms with Gasteiger partial charge in [0.1, 0.15) is 18.1 Å². The Kier molecular flexibility index (Phi) is 7.66. The van der Waals surface area contributed by atoms with Gasteiger partial charge in [-0.3, -0.25) is 20.4 Å². The zero-order valence-electron chi connectivity index (χ0n) is 15.1. The minimum Gasteiger partial charge on any atom is -0.494 e. The molecule has 2 aromatic carbocycles. The average molecular weight is 366 g/mol. The van der Waals surface area contributed by atoms with Gasteiger partial charge in [-0.2, -0.15) is 0 Å². The van der Waals surface area contributed by atoms with Crippen LogP contribution in [0.5, 0.6) is 11.5 Å². The van der Waals surface area contributed by atoms with Crippen LogP contribution in [0.4, 0.5) is 0 Å². The average Bonchev–Trinajstić information content (AvgIpc) is 2.70. The molecule has 6 nitrogen and oxygen atoms in total. The topological polar surface area (TPSA) is 76.7 Å². The first-order valence-electron chi connectivity index (χ1n) is 8.47. The van der Waals surface area contributed by atoms with Gasteiger partial charge in [0.05, 0.1) is 6.61 Å². The first-order valence-corrected chi connectivity index (χ1v) is 8.47. The van der Waals surface area contributed by atoms with Crippen molar-refractivity contribution in [3.63, 3.8) is 0 Å². The highest BCUT2D eigenvalue weighted by Gasteiger charge is 2.06. The Morgan fingerprint density at radius 2 is 1.59 bits per heavy atom. The van der Waals surface area contributed by atoms with E-state index in [0.717, 1.165) is 11.3 Å². The molecule has 0 aliphatic carbocycles. The Hall–Kier alpha value is -3.54. The van der Waals surface area contributed by atoms with E-state index in [1.54, 1.807) is 48.6 Å². The van der Waals surface area contributed by atoms with Crippen molar-refractivity contribution in [1.29, 1.82) is 0 Å². The van der Waals surface area contributed by atoms with Crippen LogP contribution in [-0.2, 0) is 4.79 Å². The summed E-state index contributed by atoms with van der Waals surface area (Å²) in [5.41, 5.74) is 5.94. The third-order valence-corrected chi connectivity index (χ3v) is 3.40. The lowest BCUT2D eigenvalue weighted by Gasteiger charge is -2.07. The van der Waals surface area contributed by atoms with Crippen LogP contribution in [0.2, 0.25) is 0 Å². The number of nitrogens with one attached hydrogen (secondary N) is 2. The molecule has 0 aliphatic heterocycles. The number of hydrogen-bond donors (Lipinski definition) is 2. The van der Waals surface area contributed by atoms with Crippen molar-refractivity contribution in [2.24, 2.45) is 0 Å². The number of ether oxygens (including phenoxy) is 2. The Labute approximate surface area is 158 Å². The molecule has 2 amide bonds. The first kappa shape index (κ1) is 19.8. The van der Waals surface area contributed by atoms with Gasteiger partial charge in [-0.15, -0.1) is 0 Å². The quantitative estimate of drug-likeness (QED) is 0.428. The highest BCUT2D eigenvalue weighted by molar-refractivity contribution is 5.97. The van der Waals surface area contributed by atoms with Gasteiger partial charge in [0, 0.05) is 11.6 Å². The normalized spacial score (nSPS) is 10.3. The third-order valence-electron chi connectivity index (χ3n) is 3.40. The van der Waals surface area contributed by atoms with Crippen LogP contribution in [0, 0.1) is 0 Å². The number of amides is 2. The SMILES string of the molecule is C=CCOc1ccc(/C=C/C(=O)NNC(=O)c2ccc(OCC)cc2)cc1. The second-order valence-corrected chi connectivity index (χ2v) is 5.40. The van der Waals surface area contributed by atoms with Crippen molar-refractivity contribution >= 4 is 17.9 Å². The van der Waals surface area contributed by atoms with E-state index in [0.29, 0.717) is 24.5 Å². The molecule has 27 heavy (non-hydrogen) atoms. The molecular formula is C21H22N2O4. The third kappa shape index (κ3) is 6.70. The first-order chi connectivity index (χ1) is 13.1. The molecule has 0 spiro atoms. The van der Waals surface area contributed by atoms with Gasteiger partial charge in [0.15, 0.2) is 0 Å². The number of benzene rings is 2. The number of rotatable bonds is 8. The number of hydrazine groups is 1. The lowest BCUT2D eigenvalue weighted by Crippen LogP contribution is -2.40. The molecule has 0 atom stereocenters. The monoisotopic (exact) mass is 366 g/mol. The lowest BCUT2D eigenvalue weighted by molar-refractivity contribution is -0.117. The van der Waals surface area contributed by atoms with Crippen molar-refractivity contribution < 1.29 is 19.1 Å². The highest BCUT2D eigenvalue weighted by Crippen LogP contribution is 2.13. The fourth-order valence-corrected chi connectivity index (χ4v) is 2.10. The fourth-order valence-electron chi connectivity index (χ4n) is 2.10. The summed E-state index contributed by atoms with van der Waals surface area (Å²) in [6.45, 7) is 6.46. The minimum absolute atomic E-state index is 0.413. The molecule has 2 N–H and O–H groups in total. The Morgan fingerprint density at radius 3 is 2.22 bits per heavy atom. The predicted molar refractivity (Wildman–Crippen MR) is 104 cm³/mol. The van der Waals surface area contributed by atoms with Crippen LogP contribution >= 0.6 is 0 Å². The zero-order chi connectivity index (χ0) is 19.5. The molecule has 0 saturated heterocycles. The van der Waals surface area contributed by atoms with Gasteiger partial charge < -0.3 is 9.47 Å². The van der Waals surface area contributed by atoms with Crippen molar-refractivity contribution in [3.05, 3.63) is 78.4 Å². The molecule has 2 aromatic rings. The molecule has 0 radical (unpaired) electrons. The van der Waals surface area contributed by atoms with Crippen molar-refractivity contribution in [2.45, 2.75) is 6.92 Å². The van der Waals surface area contributed by atoms with E-state index in [9.17, 15) is 9.59 Å². The summed E-state index contributed by atoms with van der Waals surface area (Å²) in [5.74, 6) is 0.547. The van der Waals surface area contributed by atoms with Gasteiger partial charge in [-0.1, -0.05) is 24.8 Å². The van der Waals surface area contributed by atoms with Crippen LogP contribution in [0.1, 0.15) is 22.8 Å². The number of carbonyl (C=O) groups excluding carboxylic acids is 2. The molecule has 6 heteroatoms. The predicted octanol–water partition coefficient (Wildman–Crippen LogP) is 3.12. The summed E-state index contributed by atoms with van der Waals surface area (Å²) in [6.07, 6.45) is 4.63. The largest absolute Gasteiger partial charge is 0.494 e. The van der Waals surface area contributed by atoms with E-state index in [1.165, 1.54) is 6.08 Å². The second-order valence-electron chi connectivity index (χ2n) is 5.40. The number of hydrogen-bond acceptors (Lipinski definition) is 4. The molecule has 0 unspecified atom stereocenters. The lowest BCUT2D eigenvalue weighted by atomic mass is 10.2. The van der Waals surface area contributed by atoms with Crippen LogP contribution in [0.3, 0.4) is 0 Å². The summed E-state index contributed by atoms with van der Waals surface area (Å²) in [5, 5.41) is 0. The van der Waals surface area contributed by atoms with Crippen LogP contribution in [0.15, 0.2) is 67.3 Å². The molecular weight excluding hydrogens is 344 g/mol. The van der Waals surface area contributed by atoms with Gasteiger partial charge >= 0.3 is 0 Å². The van der Waals surface area contributed by atoms with Crippen LogP contribution in [0.25, 0.3) is 6.08 Å². The van der Waals surface area contributed by atoms with Crippen LogP contribution < -0.4 is 20.3 Å². The van der Waals surface area contributed by atoms with Crippen molar-refractivity contribution in [2.75, 3.05) is 13.2 Å². The molecule has 2 rings (SSSR count). The summed E-state index contributed by atoms with van der Waals surface area (Å²) < 4.78 is 10.7. The summed E-state index contributed by atoms with van der Waals surface area (Å²) >= 11 is 0. The Bertz CT molecular complexity index is 796. The van der Waals surface area contributed by atoms with Gasteiger partial charge in [-0.05, 0) is 55.0 Å². The van der Waals surface area contributed by atoms with Gasteiger partial charge in [0.25, 0.3) is 11.8 Å². The van der Waals surface area contributed by atoms with Crippen LogP contribution in [-0.4, -0.2) is 25.0 Å². The van der Waals surface area contributed by atoms with E-state index < -0.39 is 11.8 Å². The Balaban J connectivity index is 1.81. The second kappa shape index (κ2) is 10.5. The maximum absolute atomic E-state index is 12.0. The maximum Gasteiger partial charge on any atom is 0.269 e. The summed E-state index contributed by atoms with van der Waals surface area (Å²) in [4.78, 5) is 23.8. The fraction of sp³-hybridized carbons (Fsp3) is 0.143. The molecule has 0 fully saturated rings.